The molecule has 0 heterocycles. The third-order valence-corrected chi connectivity index (χ3v) is 3.33. The Hall–Kier alpha value is -2.04. The summed E-state index contributed by atoms with van der Waals surface area (Å²) in [4.78, 5) is 0. The fourth-order valence-corrected chi connectivity index (χ4v) is 2.27. The zero-order chi connectivity index (χ0) is 14.5. The lowest BCUT2D eigenvalue weighted by atomic mass is 9.96. The van der Waals surface area contributed by atoms with Gasteiger partial charge in [-0.15, -0.1) is 0 Å². The van der Waals surface area contributed by atoms with Crippen molar-refractivity contribution >= 4 is 0 Å². The lowest BCUT2D eigenvalue weighted by Gasteiger charge is -2.22. The van der Waals surface area contributed by atoms with E-state index in [9.17, 15) is 0 Å². The Balaban J connectivity index is 2.53. The summed E-state index contributed by atoms with van der Waals surface area (Å²) in [5.41, 5.74) is 6.00. The first-order valence-corrected chi connectivity index (χ1v) is 6.44. The van der Waals surface area contributed by atoms with E-state index in [1.807, 2.05) is 30.3 Å². The predicted octanol–water partition coefficient (Wildman–Crippen LogP) is 2.56. The van der Waals surface area contributed by atoms with Crippen molar-refractivity contribution in [2.75, 3.05) is 14.2 Å². The fraction of sp³-hybridized carbons (Fsp3) is 0.250. The van der Waals surface area contributed by atoms with E-state index in [2.05, 4.69) is 24.5 Å². The topological polar surface area (TPSA) is 56.5 Å². The van der Waals surface area contributed by atoms with Crippen LogP contribution in [-0.2, 0) is 0 Å². The van der Waals surface area contributed by atoms with Crippen LogP contribution in [0.3, 0.4) is 0 Å². The summed E-state index contributed by atoms with van der Waals surface area (Å²) >= 11 is 0. The molecule has 1 unspecified atom stereocenters. The highest BCUT2D eigenvalue weighted by Gasteiger charge is 2.21. The molecule has 20 heavy (non-hydrogen) atoms. The molecule has 2 aromatic rings. The Kier molecular flexibility index (Phi) is 4.61. The standard InChI is InChI=1S/C16H20N2O2/c1-11-7-9-12(10-8-11)16(18-17)15-13(19-2)5-4-6-14(15)20-3/h4-10,16,18H,17H2,1-3H3. The van der Waals surface area contributed by atoms with Gasteiger partial charge in [0.1, 0.15) is 11.5 Å². The second kappa shape index (κ2) is 6.41. The van der Waals surface area contributed by atoms with Crippen molar-refractivity contribution in [2.24, 2.45) is 5.84 Å². The van der Waals surface area contributed by atoms with E-state index in [0.717, 1.165) is 22.6 Å². The average molecular weight is 272 g/mol. The van der Waals surface area contributed by atoms with Gasteiger partial charge in [0, 0.05) is 0 Å². The molecule has 4 nitrogen and oxygen atoms in total. The number of hydrazine groups is 1. The van der Waals surface area contributed by atoms with E-state index in [1.165, 1.54) is 5.56 Å². The van der Waals surface area contributed by atoms with Gasteiger partial charge in [0.15, 0.2) is 0 Å². The SMILES string of the molecule is COc1cccc(OC)c1C(NN)c1ccc(C)cc1. The molecule has 4 heteroatoms. The molecule has 0 saturated heterocycles. The van der Waals surface area contributed by atoms with E-state index >= 15 is 0 Å². The quantitative estimate of drug-likeness (QED) is 0.649. The lowest BCUT2D eigenvalue weighted by Crippen LogP contribution is -2.29. The maximum Gasteiger partial charge on any atom is 0.127 e. The van der Waals surface area contributed by atoms with Gasteiger partial charge in [-0.1, -0.05) is 35.9 Å². The molecule has 0 aromatic heterocycles. The van der Waals surface area contributed by atoms with Gasteiger partial charge in [0.2, 0.25) is 0 Å². The molecule has 106 valence electrons. The Bertz CT molecular complexity index is 545. The monoisotopic (exact) mass is 272 g/mol. The Morgan fingerprint density at radius 3 is 1.95 bits per heavy atom. The molecule has 0 aliphatic rings. The van der Waals surface area contributed by atoms with Gasteiger partial charge < -0.3 is 9.47 Å². The molecule has 0 saturated carbocycles. The first-order valence-electron chi connectivity index (χ1n) is 6.44. The first-order chi connectivity index (χ1) is 9.71. The maximum atomic E-state index is 5.76. The van der Waals surface area contributed by atoms with Gasteiger partial charge in [-0.3, -0.25) is 5.84 Å². The number of aryl methyl sites for hydroxylation is 1. The minimum atomic E-state index is -0.193. The Morgan fingerprint density at radius 1 is 0.950 bits per heavy atom. The van der Waals surface area contributed by atoms with E-state index in [4.69, 9.17) is 15.3 Å². The average Bonchev–Trinajstić information content (AvgIpc) is 2.49. The van der Waals surface area contributed by atoms with Crippen LogP contribution in [-0.4, -0.2) is 14.2 Å². The van der Waals surface area contributed by atoms with Gasteiger partial charge in [-0.25, -0.2) is 5.43 Å². The normalized spacial score (nSPS) is 12.0. The zero-order valence-electron chi connectivity index (χ0n) is 12.0. The predicted molar refractivity (Wildman–Crippen MR) is 79.9 cm³/mol. The highest BCUT2D eigenvalue weighted by molar-refractivity contribution is 5.50. The van der Waals surface area contributed by atoms with Crippen molar-refractivity contribution < 1.29 is 9.47 Å². The molecule has 0 spiro atoms. The summed E-state index contributed by atoms with van der Waals surface area (Å²) in [6.45, 7) is 2.05. The van der Waals surface area contributed by atoms with Crippen molar-refractivity contribution in [3.63, 3.8) is 0 Å². The molecular weight excluding hydrogens is 252 g/mol. The smallest absolute Gasteiger partial charge is 0.127 e. The highest BCUT2D eigenvalue weighted by Crippen LogP contribution is 2.36. The van der Waals surface area contributed by atoms with Gasteiger partial charge in [0.05, 0.1) is 25.8 Å². The largest absolute Gasteiger partial charge is 0.496 e. The van der Waals surface area contributed by atoms with Gasteiger partial charge in [-0.05, 0) is 24.6 Å². The van der Waals surface area contributed by atoms with Gasteiger partial charge in [0.25, 0.3) is 0 Å². The maximum absolute atomic E-state index is 5.76. The second-order valence-electron chi connectivity index (χ2n) is 4.59. The van der Waals surface area contributed by atoms with Crippen LogP contribution in [0.4, 0.5) is 0 Å². The van der Waals surface area contributed by atoms with Crippen molar-refractivity contribution in [3.8, 4) is 11.5 Å². The molecule has 3 N–H and O–H groups in total. The highest BCUT2D eigenvalue weighted by atomic mass is 16.5. The summed E-state index contributed by atoms with van der Waals surface area (Å²) in [7, 11) is 3.28. The van der Waals surface area contributed by atoms with E-state index in [-0.39, 0.29) is 6.04 Å². The van der Waals surface area contributed by atoms with Gasteiger partial charge in [-0.2, -0.15) is 0 Å². The summed E-state index contributed by atoms with van der Waals surface area (Å²) in [5, 5.41) is 0. The van der Waals surface area contributed by atoms with Crippen molar-refractivity contribution in [1.82, 2.24) is 5.43 Å². The number of ether oxygens (including phenoxy) is 2. The number of methoxy groups -OCH3 is 2. The molecule has 1 atom stereocenters. The Morgan fingerprint density at radius 2 is 1.50 bits per heavy atom. The minimum Gasteiger partial charge on any atom is -0.496 e. The second-order valence-corrected chi connectivity index (χ2v) is 4.59. The molecule has 0 aliphatic carbocycles. The number of benzene rings is 2. The van der Waals surface area contributed by atoms with Crippen LogP contribution in [0.2, 0.25) is 0 Å². The van der Waals surface area contributed by atoms with Crippen LogP contribution in [0.1, 0.15) is 22.7 Å². The van der Waals surface area contributed by atoms with Crippen LogP contribution < -0.4 is 20.7 Å². The number of hydrogen-bond donors (Lipinski definition) is 2. The summed E-state index contributed by atoms with van der Waals surface area (Å²) in [5.74, 6) is 7.25. The number of rotatable bonds is 5. The van der Waals surface area contributed by atoms with Crippen LogP contribution in [0.15, 0.2) is 42.5 Å². The van der Waals surface area contributed by atoms with E-state index in [0.29, 0.717) is 0 Å². The first kappa shape index (κ1) is 14.4. The summed E-state index contributed by atoms with van der Waals surface area (Å²) < 4.78 is 10.9. The van der Waals surface area contributed by atoms with Crippen molar-refractivity contribution in [1.29, 1.82) is 0 Å². The summed E-state index contributed by atoms with van der Waals surface area (Å²) in [6, 6.07) is 13.7. The molecule has 0 fully saturated rings. The van der Waals surface area contributed by atoms with E-state index in [1.54, 1.807) is 14.2 Å². The molecule has 0 aliphatic heterocycles. The molecule has 2 aromatic carbocycles. The molecular formula is C16H20N2O2. The molecule has 0 amide bonds. The molecule has 0 radical (unpaired) electrons. The van der Waals surface area contributed by atoms with Crippen molar-refractivity contribution in [3.05, 3.63) is 59.2 Å². The minimum absolute atomic E-state index is 0.193. The Labute approximate surface area is 119 Å². The third-order valence-electron chi connectivity index (χ3n) is 3.33. The third kappa shape index (κ3) is 2.76. The summed E-state index contributed by atoms with van der Waals surface area (Å²) in [6.07, 6.45) is 0. The fourth-order valence-electron chi connectivity index (χ4n) is 2.27. The zero-order valence-corrected chi connectivity index (χ0v) is 12.0. The molecule has 0 bridgehead atoms. The van der Waals surface area contributed by atoms with Crippen LogP contribution in [0.25, 0.3) is 0 Å². The number of hydrogen-bond acceptors (Lipinski definition) is 4. The van der Waals surface area contributed by atoms with Crippen LogP contribution >= 0.6 is 0 Å². The lowest BCUT2D eigenvalue weighted by molar-refractivity contribution is 0.377. The molecule has 2 rings (SSSR count). The van der Waals surface area contributed by atoms with Crippen molar-refractivity contribution in [2.45, 2.75) is 13.0 Å². The number of nitrogens with two attached hydrogens (primary N) is 1. The van der Waals surface area contributed by atoms with Gasteiger partial charge >= 0.3 is 0 Å². The van der Waals surface area contributed by atoms with Crippen LogP contribution in [0, 0.1) is 6.92 Å². The number of nitrogens with one attached hydrogen (secondary N) is 1. The van der Waals surface area contributed by atoms with Crippen LogP contribution in [0.5, 0.6) is 11.5 Å². The van der Waals surface area contributed by atoms with E-state index < -0.39 is 0 Å².